The Bertz CT molecular complexity index is 534. The SMILES string of the molecule is Fc1cccc(Cl)c1CC(CBr)c1ccc(Br)cc1. The molecule has 0 amide bonds. The van der Waals surface area contributed by atoms with Crippen LogP contribution in [0.3, 0.4) is 0 Å². The maximum Gasteiger partial charge on any atom is 0.127 e. The van der Waals surface area contributed by atoms with Crippen LogP contribution in [0.5, 0.6) is 0 Å². The molecule has 0 N–H and O–H groups in total. The van der Waals surface area contributed by atoms with E-state index >= 15 is 0 Å². The van der Waals surface area contributed by atoms with Crippen LogP contribution in [0.4, 0.5) is 4.39 Å². The standard InChI is InChI=1S/C15H12Br2ClF/c16-9-11(10-4-6-12(17)7-5-10)8-13-14(18)2-1-3-15(13)19/h1-7,11H,8-9H2. The van der Waals surface area contributed by atoms with Gasteiger partial charge in [-0.05, 0) is 42.2 Å². The van der Waals surface area contributed by atoms with E-state index in [4.69, 9.17) is 11.6 Å². The Labute approximate surface area is 134 Å². The highest BCUT2D eigenvalue weighted by Crippen LogP contribution is 2.29. The molecule has 2 rings (SSSR count). The first-order valence-electron chi connectivity index (χ1n) is 5.86. The van der Waals surface area contributed by atoms with Gasteiger partial charge < -0.3 is 0 Å². The van der Waals surface area contributed by atoms with Gasteiger partial charge in [-0.15, -0.1) is 0 Å². The Morgan fingerprint density at radius 2 is 1.79 bits per heavy atom. The summed E-state index contributed by atoms with van der Waals surface area (Å²) >= 11 is 13.0. The molecule has 0 aliphatic carbocycles. The third-order valence-electron chi connectivity index (χ3n) is 3.04. The molecule has 2 aromatic carbocycles. The number of hydrogen-bond acceptors (Lipinski definition) is 0. The third-order valence-corrected chi connectivity index (χ3v) is 4.70. The lowest BCUT2D eigenvalue weighted by molar-refractivity contribution is 0.599. The lowest BCUT2D eigenvalue weighted by atomic mass is 9.93. The summed E-state index contributed by atoms with van der Waals surface area (Å²) in [6.07, 6.45) is 0.582. The van der Waals surface area contributed by atoms with Gasteiger partial charge >= 0.3 is 0 Å². The molecule has 100 valence electrons. The second-order valence-electron chi connectivity index (χ2n) is 4.31. The fraction of sp³-hybridized carbons (Fsp3) is 0.200. The van der Waals surface area contributed by atoms with Gasteiger partial charge in [0, 0.05) is 20.4 Å². The molecule has 4 heteroatoms. The topological polar surface area (TPSA) is 0 Å². The van der Waals surface area contributed by atoms with Crippen molar-refractivity contribution in [3.8, 4) is 0 Å². The highest BCUT2D eigenvalue weighted by atomic mass is 79.9. The Morgan fingerprint density at radius 3 is 2.37 bits per heavy atom. The molecule has 0 aliphatic rings. The van der Waals surface area contributed by atoms with E-state index in [0.29, 0.717) is 17.0 Å². The van der Waals surface area contributed by atoms with E-state index in [-0.39, 0.29) is 11.7 Å². The molecular weight excluding hydrogens is 394 g/mol. The van der Waals surface area contributed by atoms with Gasteiger partial charge in [-0.25, -0.2) is 4.39 Å². The van der Waals surface area contributed by atoms with Crippen molar-refractivity contribution < 1.29 is 4.39 Å². The van der Waals surface area contributed by atoms with Crippen molar-refractivity contribution >= 4 is 43.5 Å². The maximum atomic E-state index is 13.8. The minimum atomic E-state index is -0.240. The summed E-state index contributed by atoms with van der Waals surface area (Å²) < 4.78 is 14.9. The Hall–Kier alpha value is -0.380. The molecule has 1 unspecified atom stereocenters. The predicted molar refractivity (Wildman–Crippen MR) is 85.8 cm³/mol. The van der Waals surface area contributed by atoms with Gasteiger partial charge in [0.1, 0.15) is 5.82 Å². The number of benzene rings is 2. The average Bonchev–Trinajstić information content (AvgIpc) is 2.40. The zero-order valence-electron chi connectivity index (χ0n) is 10.0. The molecule has 0 bridgehead atoms. The largest absolute Gasteiger partial charge is 0.207 e. The summed E-state index contributed by atoms with van der Waals surface area (Å²) in [4.78, 5) is 0. The van der Waals surface area contributed by atoms with Crippen molar-refractivity contribution in [2.24, 2.45) is 0 Å². The predicted octanol–water partition coefficient (Wildman–Crippen LogP) is 5.96. The lowest BCUT2D eigenvalue weighted by Crippen LogP contribution is -2.06. The van der Waals surface area contributed by atoms with Crippen LogP contribution in [0, 0.1) is 5.82 Å². The molecule has 0 aliphatic heterocycles. The minimum absolute atomic E-state index is 0.197. The molecular formula is C15H12Br2ClF. The van der Waals surface area contributed by atoms with Crippen LogP contribution in [0.15, 0.2) is 46.9 Å². The highest BCUT2D eigenvalue weighted by Gasteiger charge is 2.15. The second-order valence-corrected chi connectivity index (χ2v) is 6.28. The number of halogens is 4. The summed E-state index contributed by atoms with van der Waals surface area (Å²) in [5.41, 5.74) is 1.75. The van der Waals surface area contributed by atoms with Crippen molar-refractivity contribution in [1.29, 1.82) is 0 Å². The van der Waals surface area contributed by atoms with E-state index in [9.17, 15) is 4.39 Å². The van der Waals surface area contributed by atoms with Crippen LogP contribution in [-0.2, 0) is 6.42 Å². The number of alkyl halides is 1. The minimum Gasteiger partial charge on any atom is -0.207 e. The van der Waals surface area contributed by atoms with E-state index in [2.05, 4.69) is 31.9 Å². The van der Waals surface area contributed by atoms with Crippen molar-refractivity contribution in [3.63, 3.8) is 0 Å². The molecule has 0 saturated carbocycles. The summed E-state index contributed by atoms with van der Waals surface area (Å²) in [5, 5.41) is 1.25. The highest BCUT2D eigenvalue weighted by molar-refractivity contribution is 9.10. The fourth-order valence-corrected chi connectivity index (χ4v) is 3.08. The molecule has 2 aromatic rings. The van der Waals surface area contributed by atoms with Crippen LogP contribution >= 0.6 is 43.5 Å². The van der Waals surface area contributed by atoms with Crippen molar-refractivity contribution in [1.82, 2.24) is 0 Å². The van der Waals surface area contributed by atoms with Gasteiger partial charge in [-0.2, -0.15) is 0 Å². The molecule has 0 heterocycles. The van der Waals surface area contributed by atoms with Gasteiger partial charge in [0.2, 0.25) is 0 Å². The Morgan fingerprint density at radius 1 is 1.11 bits per heavy atom. The first-order valence-corrected chi connectivity index (χ1v) is 8.15. The second kappa shape index (κ2) is 6.87. The van der Waals surface area contributed by atoms with E-state index < -0.39 is 0 Å². The number of rotatable bonds is 4. The van der Waals surface area contributed by atoms with E-state index in [0.717, 1.165) is 9.80 Å². The van der Waals surface area contributed by atoms with E-state index in [1.54, 1.807) is 12.1 Å². The summed E-state index contributed by atoms with van der Waals surface area (Å²) in [5.74, 6) is -0.0435. The van der Waals surface area contributed by atoms with E-state index in [1.165, 1.54) is 11.6 Å². The van der Waals surface area contributed by atoms with Crippen LogP contribution in [-0.4, -0.2) is 5.33 Å². The molecule has 0 fully saturated rings. The molecule has 0 nitrogen and oxygen atoms in total. The van der Waals surface area contributed by atoms with Crippen LogP contribution in [0.2, 0.25) is 5.02 Å². The van der Waals surface area contributed by atoms with Gasteiger partial charge in [-0.1, -0.05) is 61.7 Å². The van der Waals surface area contributed by atoms with E-state index in [1.807, 2.05) is 24.3 Å². The molecule has 1 atom stereocenters. The first-order chi connectivity index (χ1) is 9.11. The summed E-state index contributed by atoms with van der Waals surface area (Å²) in [6.45, 7) is 0. The summed E-state index contributed by atoms with van der Waals surface area (Å²) in [6, 6.07) is 12.9. The van der Waals surface area contributed by atoms with Crippen LogP contribution in [0.25, 0.3) is 0 Å². The Kier molecular flexibility index (Phi) is 5.43. The van der Waals surface area contributed by atoms with Crippen molar-refractivity contribution in [2.45, 2.75) is 12.3 Å². The quantitative estimate of drug-likeness (QED) is 0.550. The molecule has 19 heavy (non-hydrogen) atoms. The summed E-state index contributed by atoms with van der Waals surface area (Å²) in [7, 11) is 0. The van der Waals surface area contributed by atoms with Gasteiger partial charge in [0.25, 0.3) is 0 Å². The van der Waals surface area contributed by atoms with Crippen molar-refractivity contribution in [2.75, 3.05) is 5.33 Å². The van der Waals surface area contributed by atoms with Crippen LogP contribution in [0.1, 0.15) is 17.0 Å². The maximum absolute atomic E-state index is 13.8. The lowest BCUT2D eigenvalue weighted by Gasteiger charge is -2.16. The zero-order chi connectivity index (χ0) is 13.8. The number of hydrogen-bond donors (Lipinski definition) is 0. The average molecular weight is 407 g/mol. The van der Waals surface area contributed by atoms with Crippen molar-refractivity contribution in [3.05, 3.63) is 68.9 Å². The molecule has 0 aromatic heterocycles. The van der Waals surface area contributed by atoms with Crippen LogP contribution < -0.4 is 0 Å². The zero-order valence-corrected chi connectivity index (χ0v) is 14.0. The molecule has 0 radical (unpaired) electrons. The third kappa shape index (κ3) is 3.80. The van der Waals surface area contributed by atoms with Gasteiger partial charge in [-0.3, -0.25) is 0 Å². The first kappa shape index (κ1) is 15.0. The van der Waals surface area contributed by atoms with Gasteiger partial charge in [0.15, 0.2) is 0 Å². The molecule has 0 saturated heterocycles. The molecule has 0 spiro atoms. The normalized spacial score (nSPS) is 12.4. The Balaban J connectivity index is 2.26. The van der Waals surface area contributed by atoms with Gasteiger partial charge in [0.05, 0.1) is 0 Å². The fourth-order valence-electron chi connectivity index (χ4n) is 1.97. The monoisotopic (exact) mass is 404 g/mol. The smallest absolute Gasteiger partial charge is 0.127 e.